The third-order valence-corrected chi connectivity index (χ3v) is 10.3. The van der Waals surface area contributed by atoms with E-state index in [4.69, 9.17) is 14.2 Å². The lowest BCUT2D eigenvalue weighted by molar-refractivity contribution is -0.249. The Hall–Kier alpha value is -2.97. The number of para-hydroxylation sites is 1. The maximum atomic E-state index is 14.0. The lowest BCUT2D eigenvalue weighted by Crippen LogP contribution is -2.71. The number of nitrogens with one attached hydrogen (secondary N) is 1. The minimum atomic E-state index is -1.68. The van der Waals surface area contributed by atoms with Gasteiger partial charge in [0.25, 0.3) is 0 Å². The number of ketones is 1. The third kappa shape index (κ3) is 2.68. The highest BCUT2D eigenvalue weighted by Crippen LogP contribution is 2.71. The molecule has 2 N–H and O–H groups in total. The van der Waals surface area contributed by atoms with E-state index < -0.39 is 58.9 Å². The molecular weight excluding hydrogens is 474 g/mol. The van der Waals surface area contributed by atoms with E-state index in [0.29, 0.717) is 24.8 Å². The van der Waals surface area contributed by atoms with Crippen LogP contribution < -0.4 is 0 Å². The molecule has 2 aromatic rings. The van der Waals surface area contributed by atoms with Crippen molar-refractivity contribution in [3.8, 4) is 0 Å². The van der Waals surface area contributed by atoms with E-state index >= 15 is 0 Å². The van der Waals surface area contributed by atoms with Crippen molar-refractivity contribution in [2.75, 3.05) is 6.61 Å². The molecule has 1 aromatic heterocycles. The Morgan fingerprint density at radius 2 is 1.97 bits per heavy atom. The second kappa shape index (κ2) is 7.32. The van der Waals surface area contributed by atoms with Crippen LogP contribution in [0.15, 0.2) is 42.5 Å². The number of aromatic amines is 1. The largest absolute Gasteiger partial charge is 0.461 e. The first-order chi connectivity index (χ1) is 17.6. The number of benzene rings is 1. The van der Waals surface area contributed by atoms with Gasteiger partial charge in [0.2, 0.25) is 0 Å². The van der Waals surface area contributed by atoms with E-state index in [1.165, 1.54) is 0 Å². The van der Waals surface area contributed by atoms with Crippen LogP contribution in [-0.2, 0) is 23.8 Å². The van der Waals surface area contributed by atoms with Gasteiger partial charge in [-0.15, -0.1) is 0 Å². The van der Waals surface area contributed by atoms with E-state index in [2.05, 4.69) is 25.4 Å². The van der Waals surface area contributed by atoms with Crippen LogP contribution in [0.3, 0.4) is 0 Å². The fourth-order valence-electron chi connectivity index (χ4n) is 8.85. The Bertz CT molecular complexity index is 1340. The second-order valence-electron chi connectivity index (χ2n) is 12.3. The molecule has 0 radical (unpaired) electrons. The van der Waals surface area contributed by atoms with Gasteiger partial charge in [-0.1, -0.05) is 38.6 Å². The van der Waals surface area contributed by atoms with Gasteiger partial charge in [0.15, 0.2) is 17.5 Å². The number of H-pyrrole nitrogens is 1. The quantitative estimate of drug-likeness (QED) is 0.364. The molecule has 2 spiro atoms. The molecular formula is C29H31NO7. The fraction of sp³-hybridized carbons (Fsp3) is 0.552. The van der Waals surface area contributed by atoms with Crippen LogP contribution in [0.2, 0.25) is 0 Å². The van der Waals surface area contributed by atoms with Crippen molar-refractivity contribution in [1.82, 2.24) is 4.98 Å². The van der Waals surface area contributed by atoms with Crippen molar-refractivity contribution in [3.63, 3.8) is 0 Å². The topological polar surface area (TPSA) is 115 Å². The first-order valence-corrected chi connectivity index (χ1v) is 13.2. The number of aliphatic hydroxyl groups excluding tert-OH is 1. The first kappa shape index (κ1) is 23.2. The molecule has 2 aliphatic heterocycles. The molecule has 2 bridgehead atoms. The van der Waals surface area contributed by atoms with Crippen LogP contribution in [0.25, 0.3) is 10.9 Å². The predicted molar refractivity (Wildman–Crippen MR) is 131 cm³/mol. The number of ether oxygens (including phenoxy) is 3. The highest BCUT2D eigenvalue weighted by molar-refractivity contribution is 6.16. The molecule has 8 atom stereocenters. The van der Waals surface area contributed by atoms with Gasteiger partial charge in [-0.2, -0.15) is 0 Å². The lowest BCUT2D eigenvalue weighted by atomic mass is 9.43. The van der Waals surface area contributed by atoms with Gasteiger partial charge >= 0.3 is 11.9 Å². The predicted octanol–water partition coefficient (Wildman–Crippen LogP) is 3.54. The molecule has 3 heterocycles. The number of esters is 2. The van der Waals surface area contributed by atoms with E-state index in [0.717, 1.165) is 17.3 Å². The average Bonchev–Trinajstić information content (AvgIpc) is 3.49. The Morgan fingerprint density at radius 3 is 2.76 bits per heavy atom. The SMILES string of the molecule is C=C1C(=O)[C@@]23C(=O)O[C@H]4CCC(C)(C)[C@H]5[C@H](O)OC[C@@]45[C@@H]2CC[C@@H]1[C@H]3OC(=O)c1cc2ccccc2[nH]1. The fourth-order valence-corrected chi connectivity index (χ4v) is 8.85. The molecule has 8 heteroatoms. The molecule has 3 saturated carbocycles. The minimum Gasteiger partial charge on any atom is -0.461 e. The highest BCUT2D eigenvalue weighted by Gasteiger charge is 2.81. The standard InChI is InChI=1S/C29H31NO7/c1-14-16-8-9-19-28-13-35-25(33)21(28)27(2,3)11-10-20(28)36-26(34)29(19,22(14)31)23(16)37-24(32)18-12-15-6-4-5-7-17(15)30-18/h4-7,12,16,19-21,23,25,30,33H,1,8-11,13H2,2-3H3/t16-,19-,20-,21+,23+,25+,28+,29-/m0/s1. The zero-order chi connectivity index (χ0) is 25.9. The Morgan fingerprint density at radius 1 is 1.19 bits per heavy atom. The number of hydrogen-bond acceptors (Lipinski definition) is 7. The number of Topliss-reactive ketones (excluding diaryl/α,β-unsaturated/α-hetero) is 1. The van der Waals surface area contributed by atoms with Crippen LogP contribution in [0, 0.1) is 34.0 Å². The molecule has 5 aliphatic rings. The van der Waals surface area contributed by atoms with E-state index in [-0.39, 0.29) is 23.6 Å². The van der Waals surface area contributed by atoms with Crippen LogP contribution in [0.1, 0.15) is 50.0 Å². The summed E-state index contributed by atoms with van der Waals surface area (Å²) in [6.07, 6.45) is 0.0358. The van der Waals surface area contributed by atoms with Gasteiger partial charge < -0.3 is 24.3 Å². The van der Waals surface area contributed by atoms with Crippen LogP contribution in [0.5, 0.6) is 0 Å². The van der Waals surface area contributed by atoms with Gasteiger partial charge in [-0.05, 0) is 54.7 Å². The molecule has 3 aliphatic carbocycles. The Labute approximate surface area is 214 Å². The first-order valence-electron chi connectivity index (χ1n) is 13.2. The van der Waals surface area contributed by atoms with Gasteiger partial charge in [0.1, 0.15) is 17.9 Å². The minimum absolute atomic E-state index is 0.194. The highest BCUT2D eigenvalue weighted by atomic mass is 16.6. The lowest BCUT2D eigenvalue weighted by Gasteiger charge is -2.62. The van der Waals surface area contributed by atoms with Crippen molar-refractivity contribution >= 4 is 28.6 Å². The summed E-state index contributed by atoms with van der Waals surface area (Å²) in [4.78, 5) is 44.5. The van der Waals surface area contributed by atoms with Crippen molar-refractivity contribution < 1.29 is 33.7 Å². The number of aliphatic hydroxyl groups is 1. The molecule has 8 nitrogen and oxygen atoms in total. The van der Waals surface area contributed by atoms with E-state index in [9.17, 15) is 19.5 Å². The van der Waals surface area contributed by atoms with Crippen molar-refractivity contribution in [3.05, 3.63) is 48.2 Å². The van der Waals surface area contributed by atoms with Crippen molar-refractivity contribution in [2.24, 2.45) is 34.0 Å². The smallest absolute Gasteiger partial charge is 0.355 e. The van der Waals surface area contributed by atoms with Crippen molar-refractivity contribution in [2.45, 2.75) is 58.0 Å². The molecule has 0 unspecified atom stereocenters. The molecule has 1 aromatic carbocycles. The normalized spacial score (nSPS) is 41.6. The number of aromatic nitrogens is 1. The number of carbonyl (C=O) groups excluding carboxylic acids is 3. The number of carbonyl (C=O) groups is 3. The number of rotatable bonds is 2. The number of hydrogen-bond donors (Lipinski definition) is 2. The van der Waals surface area contributed by atoms with Gasteiger partial charge in [-0.25, -0.2) is 4.79 Å². The molecule has 0 amide bonds. The zero-order valence-corrected chi connectivity index (χ0v) is 21.0. The third-order valence-electron chi connectivity index (χ3n) is 10.3. The zero-order valence-electron chi connectivity index (χ0n) is 21.0. The maximum absolute atomic E-state index is 14.0. The Balaban J connectivity index is 1.34. The molecule has 194 valence electrons. The van der Waals surface area contributed by atoms with Crippen LogP contribution in [0.4, 0.5) is 0 Å². The average molecular weight is 506 g/mol. The van der Waals surface area contributed by atoms with Gasteiger partial charge in [0.05, 0.1) is 6.61 Å². The molecule has 5 fully saturated rings. The van der Waals surface area contributed by atoms with Crippen LogP contribution in [-0.4, -0.2) is 52.9 Å². The van der Waals surface area contributed by atoms with Gasteiger partial charge in [-0.3, -0.25) is 9.59 Å². The summed E-state index contributed by atoms with van der Waals surface area (Å²) in [7, 11) is 0. The van der Waals surface area contributed by atoms with E-state index in [1.54, 1.807) is 6.07 Å². The summed E-state index contributed by atoms with van der Waals surface area (Å²) >= 11 is 0. The van der Waals surface area contributed by atoms with E-state index in [1.807, 2.05) is 24.3 Å². The summed E-state index contributed by atoms with van der Waals surface area (Å²) in [6.45, 7) is 8.46. The summed E-state index contributed by atoms with van der Waals surface area (Å²) < 4.78 is 18.1. The summed E-state index contributed by atoms with van der Waals surface area (Å²) in [6, 6.07) is 9.22. The summed E-state index contributed by atoms with van der Waals surface area (Å²) in [5.74, 6) is -2.91. The summed E-state index contributed by atoms with van der Waals surface area (Å²) in [5.41, 5.74) is -1.35. The monoisotopic (exact) mass is 505 g/mol. The molecule has 37 heavy (non-hydrogen) atoms. The second-order valence-corrected chi connectivity index (χ2v) is 12.3. The maximum Gasteiger partial charge on any atom is 0.355 e. The molecule has 7 rings (SSSR count). The molecule has 2 saturated heterocycles. The summed E-state index contributed by atoms with van der Waals surface area (Å²) in [5, 5.41) is 11.9. The van der Waals surface area contributed by atoms with Crippen LogP contribution >= 0.6 is 0 Å². The Kier molecular flexibility index (Phi) is 4.58. The number of fused-ring (bicyclic) bond motifs is 2. The van der Waals surface area contributed by atoms with Crippen molar-refractivity contribution in [1.29, 1.82) is 0 Å². The van der Waals surface area contributed by atoms with Gasteiger partial charge in [0, 0.05) is 28.2 Å².